The molecular formula is C12H14BrNO2. The molecule has 2 unspecified atom stereocenters. The van der Waals surface area contributed by atoms with Crippen molar-refractivity contribution in [3.05, 3.63) is 28.2 Å². The fourth-order valence-electron chi connectivity index (χ4n) is 1.93. The average molecular weight is 284 g/mol. The van der Waals surface area contributed by atoms with Crippen LogP contribution in [0.25, 0.3) is 0 Å². The molecule has 0 aromatic heterocycles. The number of carboxylic acid groups (broad SMARTS) is 1. The predicted molar refractivity (Wildman–Crippen MR) is 66.6 cm³/mol. The van der Waals surface area contributed by atoms with E-state index in [2.05, 4.69) is 21.2 Å². The topological polar surface area (TPSA) is 49.3 Å². The van der Waals surface area contributed by atoms with Gasteiger partial charge < -0.3 is 10.4 Å². The third kappa shape index (κ3) is 2.07. The van der Waals surface area contributed by atoms with Crippen LogP contribution in [-0.2, 0) is 4.79 Å². The molecule has 16 heavy (non-hydrogen) atoms. The lowest BCUT2D eigenvalue weighted by atomic mass is 9.79. The zero-order valence-corrected chi connectivity index (χ0v) is 10.6. The third-order valence-corrected chi connectivity index (χ3v) is 4.18. The number of anilines is 1. The number of nitrogens with one attached hydrogen (secondary N) is 1. The first kappa shape index (κ1) is 11.5. The van der Waals surface area contributed by atoms with Crippen molar-refractivity contribution in [3.63, 3.8) is 0 Å². The van der Waals surface area contributed by atoms with Gasteiger partial charge in [-0.05, 0) is 47.3 Å². The van der Waals surface area contributed by atoms with Crippen molar-refractivity contribution in [3.8, 4) is 0 Å². The van der Waals surface area contributed by atoms with E-state index in [1.165, 1.54) is 0 Å². The fraction of sp³-hybridized carbons (Fsp3) is 0.417. The van der Waals surface area contributed by atoms with E-state index in [1.807, 2.05) is 25.1 Å². The van der Waals surface area contributed by atoms with E-state index >= 15 is 0 Å². The van der Waals surface area contributed by atoms with Crippen molar-refractivity contribution in [1.29, 1.82) is 0 Å². The van der Waals surface area contributed by atoms with Gasteiger partial charge >= 0.3 is 5.97 Å². The van der Waals surface area contributed by atoms with Crippen LogP contribution in [0, 0.1) is 12.8 Å². The Bertz CT molecular complexity index is 419. The van der Waals surface area contributed by atoms with Crippen molar-refractivity contribution in [1.82, 2.24) is 0 Å². The Kier molecular flexibility index (Phi) is 3.19. The normalized spacial score (nSPS) is 23.6. The molecule has 1 fully saturated rings. The van der Waals surface area contributed by atoms with Gasteiger partial charge in [-0.15, -0.1) is 0 Å². The van der Waals surface area contributed by atoms with E-state index < -0.39 is 5.97 Å². The molecular weight excluding hydrogens is 270 g/mol. The first-order valence-corrected chi connectivity index (χ1v) is 6.13. The van der Waals surface area contributed by atoms with Gasteiger partial charge in [0, 0.05) is 16.2 Å². The lowest BCUT2D eigenvalue weighted by Crippen LogP contribution is -2.43. The Balaban J connectivity index is 2.10. The zero-order chi connectivity index (χ0) is 11.7. The molecule has 0 radical (unpaired) electrons. The number of rotatable bonds is 3. The summed E-state index contributed by atoms with van der Waals surface area (Å²) < 4.78 is 1.02. The minimum absolute atomic E-state index is 0.0654. The van der Waals surface area contributed by atoms with Gasteiger partial charge in [-0.2, -0.15) is 0 Å². The Hall–Kier alpha value is -1.03. The molecule has 2 N–H and O–H groups in total. The van der Waals surface area contributed by atoms with Gasteiger partial charge in [0.05, 0.1) is 5.92 Å². The van der Waals surface area contributed by atoms with Gasteiger partial charge in [0.1, 0.15) is 0 Å². The van der Waals surface area contributed by atoms with Crippen molar-refractivity contribution in [2.24, 2.45) is 5.92 Å². The van der Waals surface area contributed by atoms with Crippen LogP contribution in [0.3, 0.4) is 0 Å². The van der Waals surface area contributed by atoms with Crippen LogP contribution in [0.15, 0.2) is 22.7 Å². The van der Waals surface area contributed by atoms with Crippen molar-refractivity contribution in [2.75, 3.05) is 5.32 Å². The minimum atomic E-state index is -0.701. The second kappa shape index (κ2) is 4.45. The third-order valence-electron chi connectivity index (χ3n) is 3.12. The summed E-state index contributed by atoms with van der Waals surface area (Å²) in [5.41, 5.74) is 2.13. The summed E-state index contributed by atoms with van der Waals surface area (Å²) in [6.45, 7) is 2.02. The Morgan fingerprint density at radius 1 is 1.50 bits per heavy atom. The van der Waals surface area contributed by atoms with Gasteiger partial charge in [-0.3, -0.25) is 4.79 Å². The van der Waals surface area contributed by atoms with E-state index in [1.54, 1.807) is 0 Å². The molecule has 4 heteroatoms. The molecule has 0 heterocycles. The molecule has 2 atom stereocenters. The number of hydrogen-bond donors (Lipinski definition) is 2. The molecule has 1 aromatic carbocycles. The van der Waals surface area contributed by atoms with Gasteiger partial charge in [-0.25, -0.2) is 0 Å². The highest BCUT2D eigenvalue weighted by atomic mass is 79.9. The highest BCUT2D eigenvalue weighted by Gasteiger charge is 2.36. The minimum Gasteiger partial charge on any atom is -0.481 e. The lowest BCUT2D eigenvalue weighted by Gasteiger charge is -2.35. The molecule has 1 aromatic rings. The molecule has 1 aliphatic rings. The van der Waals surface area contributed by atoms with E-state index in [-0.39, 0.29) is 12.0 Å². The van der Waals surface area contributed by atoms with E-state index in [4.69, 9.17) is 5.11 Å². The lowest BCUT2D eigenvalue weighted by molar-refractivity contribution is -0.144. The molecule has 0 amide bonds. The monoisotopic (exact) mass is 283 g/mol. The first-order valence-electron chi connectivity index (χ1n) is 5.34. The number of benzene rings is 1. The van der Waals surface area contributed by atoms with Crippen LogP contribution in [0.1, 0.15) is 18.4 Å². The van der Waals surface area contributed by atoms with Gasteiger partial charge in [-0.1, -0.05) is 12.1 Å². The number of carbonyl (C=O) groups is 1. The summed E-state index contributed by atoms with van der Waals surface area (Å²) in [6.07, 6.45) is 1.70. The van der Waals surface area contributed by atoms with Crippen molar-refractivity contribution < 1.29 is 9.90 Å². The SMILES string of the molecule is Cc1cccc(NC2CCC2C(=O)O)c1Br. The maximum atomic E-state index is 10.9. The fourth-order valence-corrected chi connectivity index (χ4v) is 2.31. The summed E-state index contributed by atoms with van der Waals surface area (Å²) in [7, 11) is 0. The second-order valence-corrected chi connectivity index (χ2v) is 5.00. The molecule has 0 aliphatic heterocycles. The second-order valence-electron chi connectivity index (χ2n) is 4.21. The highest BCUT2D eigenvalue weighted by Crippen LogP contribution is 2.34. The molecule has 0 spiro atoms. The molecule has 2 rings (SSSR count). The van der Waals surface area contributed by atoms with Crippen molar-refractivity contribution in [2.45, 2.75) is 25.8 Å². The summed E-state index contributed by atoms with van der Waals surface area (Å²) >= 11 is 3.51. The summed E-state index contributed by atoms with van der Waals surface area (Å²) in [5, 5.41) is 12.2. The number of halogens is 1. The Morgan fingerprint density at radius 2 is 2.25 bits per heavy atom. The van der Waals surface area contributed by atoms with Crippen LogP contribution in [0.4, 0.5) is 5.69 Å². The predicted octanol–water partition coefficient (Wildman–Crippen LogP) is 3.03. The van der Waals surface area contributed by atoms with E-state index in [9.17, 15) is 4.79 Å². The molecule has 3 nitrogen and oxygen atoms in total. The van der Waals surface area contributed by atoms with Gasteiger partial charge in [0.15, 0.2) is 0 Å². The van der Waals surface area contributed by atoms with Crippen LogP contribution >= 0.6 is 15.9 Å². The Morgan fingerprint density at radius 3 is 2.81 bits per heavy atom. The number of aliphatic carboxylic acids is 1. The maximum Gasteiger partial charge on any atom is 0.308 e. The number of carboxylic acids is 1. The molecule has 0 saturated heterocycles. The molecule has 1 saturated carbocycles. The molecule has 86 valence electrons. The first-order chi connectivity index (χ1) is 7.59. The Labute approximate surface area is 103 Å². The van der Waals surface area contributed by atoms with E-state index in [0.717, 1.165) is 28.6 Å². The van der Waals surface area contributed by atoms with Crippen LogP contribution in [-0.4, -0.2) is 17.1 Å². The number of aryl methyl sites for hydroxylation is 1. The summed E-state index contributed by atoms with van der Waals surface area (Å²) in [5.74, 6) is -0.945. The smallest absolute Gasteiger partial charge is 0.308 e. The standard InChI is InChI=1S/C12H14BrNO2/c1-7-3-2-4-10(11(7)13)14-9-6-5-8(9)12(15)16/h2-4,8-9,14H,5-6H2,1H3,(H,15,16). The quantitative estimate of drug-likeness (QED) is 0.897. The highest BCUT2D eigenvalue weighted by molar-refractivity contribution is 9.10. The maximum absolute atomic E-state index is 10.9. The largest absolute Gasteiger partial charge is 0.481 e. The van der Waals surface area contributed by atoms with Crippen LogP contribution < -0.4 is 5.32 Å². The van der Waals surface area contributed by atoms with Gasteiger partial charge in [0.25, 0.3) is 0 Å². The van der Waals surface area contributed by atoms with Crippen LogP contribution in [0.5, 0.6) is 0 Å². The molecule has 1 aliphatic carbocycles. The van der Waals surface area contributed by atoms with E-state index in [0.29, 0.717) is 0 Å². The zero-order valence-electron chi connectivity index (χ0n) is 9.03. The van der Waals surface area contributed by atoms with Gasteiger partial charge in [0.2, 0.25) is 0 Å². The summed E-state index contributed by atoms with van der Waals surface area (Å²) in [6, 6.07) is 6.02. The van der Waals surface area contributed by atoms with Crippen molar-refractivity contribution >= 4 is 27.6 Å². The number of hydrogen-bond acceptors (Lipinski definition) is 2. The summed E-state index contributed by atoms with van der Waals surface area (Å²) in [4.78, 5) is 10.9. The molecule has 0 bridgehead atoms. The van der Waals surface area contributed by atoms with Crippen LogP contribution in [0.2, 0.25) is 0 Å². The average Bonchev–Trinajstić information content (AvgIpc) is 2.17.